The smallest absolute Gasteiger partial charge is 0.299 e. The molecule has 2 aromatic carbocycles. The zero-order valence-corrected chi connectivity index (χ0v) is 13.6. The van der Waals surface area contributed by atoms with Crippen molar-refractivity contribution in [3.05, 3.63) is 65.3 Å². The highest BCUT2D eigenvalue weighted by Crippen LogP contribution is 2.26. The Morgan fingerprint density at radius 1 is 1.00 bits per heavy atom. The number of nitrogens with one attached hydrogen (secondary N) is 1. The van der Waals surface area contributed by atoms with Crippen LogP contribution in [-0.4, -0.2) is 4.98 Å². The van der Waals surface area contributed by atoms with E-state index in [4.69, 9.17) is 4.42 Å². The second-order valence-corrected chi connectivity index (χ2v) is 4.95. The number of anilines is 2. The largest absolute Gasteiger partial charge is 0.423 e. The summed E-state index contributed by atoms with van der Waals surface area (Å²) in [5.41, 5.74) is 1.94. The fraction of sp³-hybridized carbons (Fsp3) is 0.118. The molecule has 108 valence electrons. The van der Waals surface area contributed by atoms with Gasteiger partial charge in [0.05, 0.1) is 6.20 Å². The number of para-hydroxylation sites is 1. The van der Waals surface area contributed by atoms with Crippen LogP contribution in [0.4, 0.5) is 11.7 Å². The lowest BCUT2D eigenvalue weighted by Gasteiger charge is -2.00. The predicted molar refractivity (Wildman–Crippen MR) is 90.7 cm³/mol. The number of rotatable bonds is 3. The minimum Gasteiger partial charge on any atom is -0.423 e. The van der Waals surface area contributed by atoms with Crippen molar-refractivity contribution in [3.8, 4) is 11.3 Å². The molecule has 1 heterocycles. The summed E-state index contributed by atoms with van der Waals surface area (Å²) in [5.74, 6) is 0.736. The van der Waals surface area contributed by atoms with E-state index in [1.807, 2.05) is 68.4 Å². The zero-order chi connectivity index (χ0) is 15.1. The first-order valence-corrected chi connectivity index (χ1v) is 7.64. The molecule has 0 saturated carbocycles. The predicted octanol–water partition coefficient (Wildman–Crippen LogP) is 5.87. The molecule has 0 spiro atoms. The molecule has 0 bridgehead atoms. The second kappa shape index (κ2) is 7.64. The number of oxazole rings is 1. The Bertz CT molecular complexity index is 680. The number of aromatic nitrogens is 1. The summed E-state index contributed by atoms with van der Waals surface area (Å²) in [6.45, 7) is 4.00. The van der Waals surface area contributed by atoms with Crippen LogP contribution in [0.25, 0.3) is 11.3 Å². The first kappa shape index (κ1) is 15.3. The molecule has 0 aliphatic rings. The fourth-order valence-electron chi connectivity index (χ4n) is 1.75. The topological polar surface area (TPSA) is 38.1 Å². The van der Waals surface area contributed by atoms with E-state index < -0.39 is 0 Å². The van der Waals surface area contributed by atoms with E-state index in [1.54, 1.807) is 6.20 Å². The summed E-state index contributed by atoms with van der Waals surface area (Å²) < 4.78 is 6.70. The Kier molecular flexibility index (Phi) is 5.58. The molecular weight excluding hydrogens is 328 g/mol. The van der Waals surface area contributed by atoms with E-state index in [-0.39, 0.29) is 0 Å². The van der Waals surface area contributed by atoms with Gasteiger partial charge in [-0.1, -0.05) is 60.1 Å². The van der Waals surface area contributed by atoms with Gasteiger partial charge in [0.2, 0.25) is 0 Å². The molecule has 0 amide bonds. The van der Waals surface area contributed by atoms with Gasteiger partial charge in [0.15, 0.2) is 5.76 Å². The summed E-state index contributed by atoms with van der Waals surface area (Å²) in [7, 11) is 0. The molecule has 3 aromatic rings. The third kappa shape index (κ3) is 4.20. The van der Waals surface area contributed by atoms with Gasteiger partial charge >= 0.3 is 0 Å². The maximum atomic E-state index is 5.69. The highest BCUT2D eigenvalue weighted by atomic mass is 79.9. The molecule has 3 rings (SSSR count). The van der Waals surface area contributed by atoms with Gasteiger partial charge in [-0.3, -0.25) is 0 Å². The summed E-state index contributed by atoms with van der Waals surface area (Å²) in [6, 6.07) is 18.2. The van der Waals surface area contributed by atoms with Crippen molar-refractivity contribution in [2.24, 2.45) is 0 Å². The number of halogens is 1. The summed E-state index contributed by atoms with van der Waals surface area (Å²) in [5, 5.41) is 3.12. The van der Waals surface area contributed by atoms with Crippen LogP contribution in [0.3, 0.4) is 0 Å². The van der Waals surface area contributed by atoms with Crippen LogP contribution in [0.5, 0.6) is 0 Å². The van der Waals surface area contributed by atoms with Crippen molar-refractivity contribution in [3.63, 3.8) is 0 Å². The molecule has 21 heavy (non-hydrogen) atoms. The Morgan fingerprint density at radius 3 is 2.48 bits per heavy atom. The average Bonchev–Trinajstić information content (AvgIpc) is 2.99. The van der Waals surface area contributed by atoms with Crippen molar-refractivity contribution >= 4 is 27.6 Å². The van der Waals surface area contributed by atoms with Crippen molar-refractivity contribution in [2.45, 2.75) is 13.8 Å². The van der Waals surface area contributed by atoms with Crippen molar-refractivity contribution in [2.75, 3.05) is 5.32 Å². The van der Waals surface area contributed by atoms with E-state index in [1.165, 1.54) is 0 Å². The normalized spacial score (nSPS) is 9.67. The van der Waals surface area contributed by atoms with Crippen LogP contribution in [0.1, 0.15) is 13.8 Å². The Balaban J connectivity index is 0.000000774. The maximum Gasteiger partial charge on any atom is 0.299 e. The monoisotopic (exact) mass is 344 g/mol. The van der Waals surface area contributed by atoms with E-state index >= 15 is 0 Å². The van der Waals surface area contributed by atoms with Gasteiger partial charge in [-0.2, -0.15) is 0 Å². The Labute approximate surface area is 133 Å². The standard InChI is InChI=1S/C15H11BrN2O.C2H6/c16-12-6-4-5-11(9-12)14-10-17-15(19-14)18-13-7-2-1-3-8-13;1-2/h1-10H,(H,17,18);1-2H3. The van der Waals surface area contributed by atoms with Crippen molar-refractivity contribution in [1.82, 2.24) is 4.98 Å². The van der Waals surface area contributed by atoms with Gasteiger partial charge in [-0.15, -0.1) is 0 Å². The lowest BCUT2D eigenvalue weighted by molar-refractivity contribution is 0.592. The van der Waals surface area contributed by atoms with Crippen LogP contribution in [0, 0.1) is 0 Å². The SMILES string of the molecule is Brc1cccc(-c2cnc(Nc3ccccc3)o2)c1.CC. The van der Waals surface area contributed by atoms with Crippen molar-refractivity contribution in [1.29, 1.82) is 0 Å². The summed E-state index contributed by atoms with van der Waals surface area (Å²) >= 11 is 3.44. The lowest BCUT2D eigenvalue weighted by atomic mass is 10.2. The van der Waals surface area contributed by atoms with E-state index in [0.717, 1.165) is 21.5 Å². The average molecular weight is 345 g/mol. The summed E-state index contributed by atoms with van der Waals surface area (Å²) in [6.07, 6.45) is 1.72. The highest BCUT2D eigenvalue weighted by Gasteiger charge is 2.06. The van der Waals surface area contributed by atoms with Crippen molar-refractivity contribution < 1.29 is 4.42 Å². The van der Waals surface area contributed by atoms with E-state index in [0.29, 0.717) is 6.01 Å². The van der Waals surface area contributed by atoms with E-state index in [2.05, 4.69) is 26.2 Å². The van der Waals surface area contributed by atoms with Gasteiger partial charge in [0.25, 0.3) is 6.01 Å². The van der Waals surface area contributed by atoms with Crippen LogP contribution in [0.15, 0.2) is 69.7 Å². The second-order valence-electron chi connectivity index (χ2n) is 4.03. The van der Waals surface area contributed by atoms with Gasteiger partial charge in [0.1, 0.15) is 0 Å². The minimum absolute atomic E-state index is 0.487. The minimum atomic E-state index is 0.487. The van der Waals surface area contributed by atoms with Crippen LogP contribution in [-0.2, 0) is 0 Å². The first-order chi connectivity index (χ1) is 10.3. The summed E-state index contributed by atoms with van der Waals surface area (Å²) in [4.78, 5) is 4.22. The zero-order valence-electron chi connectivity index (χ0n) is 12.0. The number of nitrogens with zero attached hydrogens (tertiary/aromatic N) is 1. The number of hydrogen-bond acceptors (Lipinski definition) is 3. The van der Waals surface area contributed by atoms with Crippen LogP contribution in [0.2, 0.25) is 0 Å². The molecule has 1 N–H and O–H groups in total. The molecule has 0 saturated heterocycles. The van der Waals surface area contributed by atoms with Crippen LogP contribution < -0.4 is 5.32 Å². The Morgan fingerprint density at radius 2 is 1.76 bits per heavy atom. The van der Waals surface area contributed by atoms with Gasteiger partial charge in [-0.05, 0) is 24.3 Å². The first-order valence-electron chi connectivity index (χ1n) is 6.85. The molecule has 0 radical (unpaired) electrons. The molecule has 0 aliphatic heterocycles. The molecule has 0 fully saturated rings. The molecule has 0 aliphatic carbocycles. The third-order valence-electron chi connectivity index (χ3n) is 2.64. The molecule has 3 nitrogen and oxygen atoms in total. The molecular formula is C17H17BrN2O. The highest BCUT2D eigenvalue weighted by molar-refractivity contribution is 9.10. The van der Waals surface area contributed by atoms with Crippen LogP contribution >= 0.6 is 15.9 Å². The van der Waals surface area contributed by atoms with Gasteiger partial charge < -0.3 is 9.73 Å². The molecule has 4 heteroatoms. The molecule has 0 unspecified atom stereocenters. The lowest BCUT2D eigenvalue weighted by Crippen LogP contribution is -1.88. The van der Waals surface area contributed by atoms with Gasteiger partial charge in [-0.25, -0.2) is 4.98 Å². The third-order valence-corrected chi connectivity index (χ3v) is 3.13. The number of hydrogen-bond donors (Lipinski definition) is 1. The molecule has 1 aromatic heterocycles. The van der Waals surface area contributed by atoms with E-state index in [9.17, 15) is 0 Å². The Hall–Kier alpha value is -2.07. The fourth-order valence-corrected chi connectivity index (χ4v) is 2.15. The molecule has 0 atom stereocenters. The van der Waals surface area contributed by atoms with Gasteiger partial charge in [0, 0.05) is 15.7 Å². The quantitative estimate of drug-likeness (QED) is 0.645. The number of benzene rings is 2. The maximum absolute atomic E-state index is 5.69.